The van der Waals surface area contributed by atoms with Crippen molar-refractivity contribution >= 4 is 51.1 Å². The van der Waals surface area contributed by atoms with Crippen LogP contribution in [0.3, 0.4) is 0 Å². The van der Waals surface area contributed by atoms with Gasteiger partial charge in [0.15, 0.2) is 15.8 Å². The fourth-order valence-electron chi connectivity index (χ4n) is 2.46. The summed E-state index contributed by atoms with van der Waals surface area (Å²) in [6, 6.07) is 0. The van der Waals surface area contributed by atoms with Gasteiger partial charge in [-0.25, -0.2) is 18.4 Å². The number of halogens is 1. The van der Waals surface area contributed by atoms with Crippen LogP contribution >= 0.6 is 35.3 Å². The van der Waals surface area contributed by atoms with Gasteiger partial charge >= 0.3 is 0 Å². The zero-order chi connectivity index (χ0) is 18.3. The van der Waals surface area contributed by atoms with Gasteiger partial charge in [0.25, 0.3) is 0 Å². The first-order valence-electron chi connectivity index (χ1n) is 8.79. The van der Waals surface area contributed by atoms with E-state index in [1.54, 1.807) is 11.3 Å². The average Bonchev–Trinajstić information content (AvgIpc) is 3.03. The molecule has 1 aromatic heterocycles. The van der Waals surface area contributed by atoms with Gasteiger partial charge in [-0.1, -0.05) is 13.8 Å². The third kappa shape index (κ3) is 8.05. The zero-order valence-electron chi connectivity index (χ0n) is 15.7. The molecule has 0 atom stereocenters. The predicted molar refractivity (Wildman–Crippen MR) is 120 cm³/mol. The quantitative estimate of drug-likeness (QED) is 0.327. The molecule has 1 aliphatic rings. The van der Waals surface area contributed by atoms with Crippen LogP contribution in [-0.4, -0.2) is 68.5 Å². The Kier molecular flexibility index (Phi) is 10.3. The zero-order valence-corrected chi connectivity index (χ0v) is 19.7. The Bertz CT molecular complexity index is 662. The first-order valence-corrected chi connectivity index (χ1v) is 11.5. The highest BCUT2D eigenvalue weighted by atomic mass is 127. The molecule has 10 heteroatoms. The Morgan fingerprint density at radius 3 is 2.62 bits per heavy atom. The van der Waals surface area contributed by atoms with Crippen LogP contribution in [0.25, 0.3) is 0 Å². The molecule has 0 aliphatic carbocycles. The highest BCUT2D eigenvalue weighted by Crippen LogP contribution is 2.18. The summed E-state index contributed by atoms with van der Waals surface area (Å²) in [6.07, 6.45) is 0. The molecule has 2 rings (SSSR count). The topological polar surface area (TPSA) is 86.7 Å². The molecule has 0 saturated carbocycles. The number of aliphatic imine (C=N–C) groups is 1. The Morgan fingerprint density at radius 1 is 1.35 bits per heavy atom. The molecule has 1 saturated heterocycles. The molecule has 0 radical (unpaired) electrons. The summed E-state index contributed by atoms with van der Waals surface area (Å²) in [4.78, 5) is 11.4. The number of guanidine groups is 1. The van der Waals surface area contributed by atoms with Crippen LogP contribution in [0.5, 0.6) is 0 Å². The third-order valence-electron chi connectivity index (χ3n) is 4.04. The van der Waals surface area contributed by atoms with Crippen molar-refractivity contribution in [1.29, 1.82) is 0 Å². The minimum absolute atomic E-state index is 0. The number of sulfone groups is 1. The second-order valence-electron chi connectivity index (χ2n) is 6.44. The van der Waals surface area contributed by atoms with Crippen LogP contribution in [0.4, 0.5) is 0 Å². The number of aromatic nitrogens is 1. The molecular formula is C16H30IN5O2S2. The lowest BCUT2D eigenvalue weighted by atomic mass is 10.2. The fourth-order valence-corrected chi connectivity index (χ4v) is 4.61. The molecule has 7 nitrogen and oxygen atoms in total. The van der Waals surface area contributed by atoms with Crippen LogP contribution in [0, 0.1) is 0 Å². The van der Waals surface area contributed by atoms with E-state index < -0.39 is 9.84 Å². The summed E-state index contributed by atoms with van der Waals surface area (Å²) < 4.78 is 22.9. The molecule has 0 amide bonds. The molecule has 0 aromatic carbocycles. The molecule has 26 heavy (non-hydrogen) atoms. The maximum absolute atomic E-state index is 11.5. The van der Waals surface area contributed by atoms with Crippen molar-refractivity contribution in [2.24, 2.45) is 4.99 Å². The van der Waals surface area contributed by atoms with Crippen LogP contribution in [0.15, 0.2) is 10.4 Å². The lowest BCUT2D eigenvalue weighted by Gasteiger charge is -2.26. The van der Waals surface area contributed by atoms with E-state index in [4.69, 9.17) is 0 Å². The average molecular weight is 515 g/mol. The second-order valence-corrected chi connectivity index (χ2v) is 9.68. The van der Waals surface area contributed by atoms with Crippen molar-refractivity contribution in [2.45, 2.75) is 33.2 Å². The Morgan fingerprint density at radius 2 is 2.04 bits per heavy atom. The van der Waals surface area contributed by atoms with E-state index in [2.05, 4.69) is 44.7 Å². The van der Waals surface area contributed by atoms with E-state index in [0.29, 0.717) is 25.6 Å². The first kappa shape index (κ1) is 23.6. The van der Waals surface area contributed by atoms with Gasteiger partial charge in [0, 0.05) is 38.1 Å². The molecule has 0 spiro atoms. The number of thiazole rings is 1. The number of hydrogen-bond donors (Lipinski definition) is 2. The first-order chi connectivity index (χ1) is 11.9. The predicted octanol–water partition coefficient (Wildman–Crippen LogP) is 1.67. The summed E-state index contributed by atoms with van der Waals surface area (Å²) in [5.74, 6) is 1.74. The van der Waals surface area contributed by atoms with Gasteiger partial charge in [0.1, 0.15) is 5.01 Å². The van der Waals surface area contributed by atoms with Gasteiger partial charge in [0.05, 0.1) is 23.7 Å². The van der Waals surface area contributed by atoms with Gasteiger partial charge in [-0.05, 0) is 12.8 Å². The van der Waals surface area contributed by atoms with E-state index in [1.165, 1.54) is 0 Å². The van der Waals surface area contributed by atoms with E-state index in [0.717, 1.165) is 36.3 Å². The molecule has 2 heterocycles. The minimum Gasteiger partial charge on any atom is -0.357 e. The maximum atomic E-state index is 11.5. The Labute approximate surface area is 178 Å². The number of rotatable bonds is 7. The van der Waals surface area contributed by atoms with Gasteiger partial charge in [-0.3, -0.25) is 4.90 Å². The third-order valence-corrected chi connectivity index (χ3v) is 6.50. The number of hydrogen-bond acceptors (Lipinski definition) is 6. The van der Waals surface area contributed by atoms with E-state index >= 15 is 0 Å². The summed E-state index contributed by atoms with van der Waals surface area (Å²) >= 11 is 1.65. The highest BCUT2D eigenvalue weighted by Gasteiger charge is 2.20. The summed E-state index contributed by atoms with van der Waals surface area (Å²) in [5, 5.41) is 9.66. The molecule has 0 bridgehead atoms. The largest absolute Gasteiger partial charge is 0.357 e. The van der Waals surface area contributed by atoms with Gasteiger partial charge in [0.2, 0.25) is 0 Å². The lowest BCUT2D eigenvalue weighted by Crippen LogP contribution is -2.45. The normalized spacial score (nSPS) is 17.8. The molecular weight excluding hydrogens is 485 g/mol. The van der Waals surface area contributed by atoms with Crippen molar-refractivity contribution in [3.63, 3.8) is 0 Å². The smallest absolute Gasteiger partial charge is 0.191 e. The minimum atomic E-state index is -2.81. The van der Waals surface area contributed by atoms with Crippen LogP contribution in [0.1, 0.15) is 37.4 Å². The van der Waals surface area contributed by atoms with Crippen molar-refractivity contribution in [3.05, 3.63) is 16.1 Å². The second kappa shape index (κ2) is 11.4. The lowest BCUT2D eigenvalue weighted by molar-refractivity contribution is 0.299. The van der Waals surface area contributed by atoms with E-state index in [-0.39, 0.29) is 35.5 Å². The van der Waals surface area contributed by atoms with E-state index in [1.807, 2.05) is 6.92 Å². The molecule has 1 aliphatic heterocycles. The monoisotopic (exact) mass is 515 g/mol. The maximum Gasteiger partial charge on any atom is 0.191 e. The molecule has 150 valence electrons. The fraction of sp³-hybridized carbons (Fsp3) is 0.750. The van der Waals surface area contributed by atoms with Crippen molar-refractivity contribution in [3.8, 4) is 0 Å². The van der Waals surface area contributed by atoms with Crippen LogP contribution in [0.2, 0.25) is 0 Å². The van der Waals surface area contributed by atoms with Crippen LogP contribution < -0.4 is 10.6 Å². The highest BCUT2D eigenvalue weighted by molar-refractivity contribution is 14.0. The summed E-state index contributed by atoms with van der Waals surface area (Å²) in [7, 11) is -2.81. The van der Waals surface area contributed by atoms with E-state index in [9.17, 15) is 8.42 Å². The molecule has 2 N–H and O–H groups in total. The van der Waals surface area contributed by atoms with Crippen molar-refractivity contribution < 1.29 is 8.42 Å². The van der Waals surface area contributed by atoms with Gasteiger partial charge in [-0.15, -0.1) is 35.3 Å². The summed E-state index contributed by atoms with van der Waals surface area (Å²) in [5.41, 5.74) is 1.12. The van der Waals surface area contributed by atoms with Gasteiger partial charge < -0.3 is 10.6 Å². The van der Waals surface area contributed by atoms with Gasteiger partial charge in [-0.2, -0.15) is 0 Å². The summed E-state index contributed by atoms with van der Waals surface area (Å²) in [6.45, 7) is 10.5. The Hall–Kier alpha value is -0.460. The van der Waals surface area contributed by atoms with Crippen LogP contribution in [-0.2, 0) is 16.4 Å². The Balaban J connectivity index is 0.00000338. The SMILES string of the molecule is CCNC(=NCc1nc(C(C)C)cs1)NCCN1CCS(=O)(=O)CC1.I. The molecule has 1 fully saturated rings. The molecule has 1 aromatic rings. The van der Waals surface area contributed by atoms with Crippen molar-refractivity contribution in [2.75, 3.05) is 44.2 Å². The van der Waals surface area contributed by atoms with Crippen molar-refractivity contribution in [1.82, 2.24) is 20.5 Å². The standard InChI is InChI=1S/C16H29N5O2S2.HI/c1-4-17-16(19-11-15-20-14(12-24-15)13(2)3)18-5-6-21-7-9-25(22,23)10-8-21;/h12-13H,4-11H2,1-3H3,(H2,17,18,19);1H. The number of nitrogens with one attached hydrogen (secondary N) is 2. The number of nitrogens with zero attached hydrogens (tertiary/aromatic N) is 3. The molecule has 0 unspecified atom stereocenters.